The molecule has 0 saturated carbocycles. The Morgan fingerprint density at radius 2 is 1.75 bits per heavy atom. The van der Waals surface area contributed by atoms with Gasteiger partial charge in [0.25, 0.3) is 5.91 Å². The van der Waals surface area contributed by atoms with Gasteiger partial charge in [-0.2, -0.15) is 8.78 Å². The molecule has 0 radical (unpaired) electrons. The Morgan fingerprint density at radius 1 is 1.12 bits per heavy atom. The summed E-state index contributed by atoms with van der Waals surface area (Å²) in [7, 11) is -1.08. The number of hydrogen-bond acceptors (Lipinski definition) is 3. The lowest BCUT2D eigenvalue weighted by Gasteiger charge is -2.07. The minimum atomic E-state index is -2.84. The van der Waals surface area contributed by atoms with Crippen LogP contribution in [0.25, 0.3) is 0 Å². The van der Waals surface area contributed by atoms with Crippen LogP contribution in [0.4, 0.5) is 8.78 Å². The highest BCUT2D eigenvalue weighted by Crippen LogP contribution is 2.15. The number of ether oxygens (including phenoxy) is 1. The second-order valence-electron chi connectivity index (χ2n) is 5.01. The summed E-state index contributed by atoms with van der Waals surface area (Å²) >= 11 is 0. The fourth-order valence-electron chi connectivity index (χ4n) is 2.06. The summed E-state index contributed by atoms with van der Waals surface area (Å²) in [5, 5.41) is 2.78. The molecule has 0 aliphatic heterocycles. The molecule has 0 heterocycles. The van der Waals surface area contributed by atoms with Gasteiger partial charge in [-0.05, 0) is 48.4 Å². The first kappa shape index (κ1) is 18.1. The highest BCUT2D eigenvalue weighted by Gasteiger charge is 2.07. The standard InChI is InChI=1S/C17H17F2NO3S/c1-24(22)15-8-4-13(5-9-15)16(21)20-11-10-12-2-6-14(7-3-12)23-17(18)19/h2-9,17H,10-11H2,1H3,(H,20,21). The van der Waals surface area contributed by atoms with Gasteiger partial charge in [-0.25, -0.2) is 0 Å². The van der Waals surface area contributed by atoms with Crippen molar-refractivity contribution < 1.29 is 22.5 Å². The van der Waals surface area contributed by atoms with E-state index in [1.807, 2.05) is 0 Å². The van der Waals surface area contributed by atoms with Crippen molar-refractivity contribution >= 4 is 16.7 Å². The molecule has 4 nitrogen and oxygen atoms in total. The molecule has 0 saturated heterocycles. The van der Waals surface area contributed by atoms with E-state index >= 15 is 0 Å². The summed E-state index contributed by atoms with van der Waals surface area (Å²) in [4.78, 5) is 12.7. The first-order valence-corrected chi connectivity index (χ1v) is 8.77. The molecule has 7 heteroatoms. The van der Waals surface area contributed by atoms with Crippen molar-refractivity contribution in [3.8, 4) is 5.75 Å². The normalized spacial score (nSPS) is 12.0. The van der Waals surface area contributed by atoms with E-state index in [1.54, 1.807) is 42.7 Å². The van der Waals surface area contributed by atoms with E-state index < -0.39 is 17.4 Å². The predicted molar refractivity (Wildman–Crippen MR) is 87.9 cm³/mol. The van der Waals surface area contributed by atoms with E-state index in [-0.39, 0.29) is 11.7 Å². The number of alkyl halides is 2. The Balaban J connectivity index is 1.82. The van der Waals surface area contributed by atoms with Gasteiger partial charge in [-0.3, -0.25) is 9.00 Å². The summed E-state index contributed by atoms with van der Waals surface area (Å²) < 4.78 is 39.7. The number of benzene rings is 2. The number of amides is 1. The quantitative estimate of drug-likeness (QED) is 0.833. The number of hydrogen-bond donors (Lipinski definition) is 1. The molecule has 1 atom stereocenters. The van der Waals surface area contributed by atoms with Crippen LogP contribution in [0.1, 0.15) is 15.9 Å². The van der Waals surface area contributed by atoms with Crippen LogP contribution in [0.15, 0.2) is 53.4 Å². The van der Waals surface area contributed by atoms with Gasteiger partial charge in [-0.1, -0.05) is 12.1 Å². The van der Waals surface area contributed by atoms with Gasteiger partial charge >= 0.3 is 6.61 Å². The van der Waals surface area contributed by atoms with Gasteiger partial charge in [0.1, 0.15) is 5.75 Å². The maximum Gasteiger partial charge on any atom is 0.387 e. The highest BCUT2D eigenvalue weighted by atomic mass is 32.2. The fourth-order valence-corrected chi connectivity index (χ4v) is 2.58. The third-order valence-electron chi connectivity index (χ3n) is 3.30. The second-order valence-corrected chi connectivity index (χ2v) is 6.39. The molecule has 0 bridgehead atoms. The van der Waals surface area contributed by atoms with Crippen molar-refractivity contribution in [2.24, 2.45) is 0 Å². The van der Waals surface area contributed by atoms with Crippen LogP contribution in [0.5, 0.6) is 5.75 Å². The van der Waals surface area contributed by atoms with Gasteiger partial charge in [-0.15, -0.1) is 0 Å². The summed E-state index contributed by atoms with van der Waals surface area (Å²) in [5.41, 5.74) is 1.39. The third kappa shape index (κ3) is 5.42. The Bertz CT molecular complexity index is 703. The van der Waals surface area contributed by atoms with Crippen LogP contribution >= 0.6 is 0 Å². The number of halogens is 2. The monoisotopic (exact) mass is 353 g/mol. The number of carbonyl (C=O) groups is 1. The zero-order chi connectivity index (χ0) is 17.5. The summed E-state index contributed by atoms with van der Waals surface area (Å²) in [6.45, 7) is -2.43. The zero-order valence-electron chi connectivity index (χ0n) is 13.0. The number of rotatable bonds is 7. The molecule has 24 heavy (non-hydrogen) atoms. The van der Waals surface area contributed by atoms with E-state index in [2.05, 4.69) is 10.1 Å². The molecule has 2 rings (SSSR count). The van der Waals surface area contributed by atoms with Gasteiger partial charge in [0.15, 0.2) is 0 Å². The molecule has 2 aromatic carbocycles. The van der Waals surface area contributed by atoms with Gasteiger partial charge in [0.05, 0.1) is 0 Å². The van der Waals surface area contributed by atoms with Crippen molar-refractivity contribution in [3.63, 3.8) is 0 Å². The Kier molecular flexibility index (Phi) is 6.43. The van der Waals surface area contributed by atoms with Crippen LogP contribution in [-0.2, 0) is 17.2 Å². The van der Waals surface area contributed by atoms with Crippen LogP contribution in [0.2, 0.25) is 0 Å². The molecule has 1 amide bonds. The minimum Gasteiger partial charge on any atom is -0.435 e. The Labute approximate surface area is 141 Å². The first-order chi connectivity index (χ1) is 11.5. The van der Waals surface area contributed by atoms with Crippen molar-refractivity contribution in [2.45, 2.75) is 17.9 Å². The molecular weight excluding hydrogens is 336 g/mol. The Morgan fingerprint density at radius 3 is 2.29 bits per heavy atom. The fraction of sp³-hybridized carbons (Fsp3) is 0.235. The smallest absolute Gasteiger partial charge is 0.387 e. The lowest BCUT2D eigenvalue weighted by atomic mass is 10.1. The lowest BCUT2D eigenvalue weighted by Crippen LogP contribution is -2.25. The van der Waals surface area contributed by atoms with E-state index in [4.69, 9.17) is 0 Å². The van der Waals surface area contributed by atoms with Crippen LogP contribution in [0, 0.1) is 0 Å². The van der Waals surface area contributed by atoms with E-state index in [9.17, 15) is 17.8 Å². The number of nitrogens with one attached hydrogen (secondary N) is 1. The first-order valence-electron chi connectivity index (χ1n) is 7.21. The minimum absolute atomic E-state index is 0.103. The van der Waals surface area contributed by atoms with Crippen LogP contribution in [0.3, 0.4) is 0 Å². The van der Waals surface area contributed by atoms with E-state index in [0.717, 1.165) is 5.56 Å². The van der Waals surface area contributed by atoms with Gasteiger partial charge in [0.2, 0.25) is 0 Å². The molecule has 128 valence electrons. The van der Waals surface area contributed by atoms with Crippen molar-refractivity contribution in [3.05, 3.63) is 59.7 Å². The molecule has 0 fully saturated rings. The van der Waals surface area contributed by atoms with Crippen molar-refractivity contribution in [2.75, 3.05) is 12.8 Å². The third-order valence-corrected chi connectivity index (χ3v) is 4.23. The topological polar surface area (TPSA) is 55.4 Å². The average Bonchev–Trinajstić information content (AvgIpc) is 2.56. The number of carbonyl (C=O) groups excluding carboxylic acids is 1. The molecule has 0 aliphatic rings. The molecule has 0 aliphatic carbocycles. The summed E-state index contributed by atoms with van der Waals surface area (Å²) in [5.74, 6) is -0.118. The summed E-state index contributed by atoms with van der Waals surface area (Å²) in [6, 6.07) is 12.9. The highest BCUT2D eigenvalue weighted by molar-refractivity contribution is 7.84. The Hall–Kier alpha value is -2.28. The zero-order valence-corrected chi connectivity index (χ0v) is 13.8. The van der Waals surface area contributed by atoms with Crippen LogP contribution in [-0.4, -0.2) is 29.5 Å². The molecule has 0 spiro atoms. The maximum absolute atomic E-state index is 12.1. The van der Waals surface area contributed by atoms with Crippen molar-refractivity contribution in [1.82, 2.24) is 5.32 Å². The van der Waals surface area contributed by atoms with E-state index in [1.165, 1.54) is 12.1 Å². The molecular formula is C17H17F2NO3S. The van der Waals surface area contributed by atoms with Crippen molar-refractivity contribution in [1.29, 1.82) is 0 Å². The second kappa shape index (κ2) is 8.54. The van der Waals surface area contributed by atoms with E-state index in [0.29, 0.717) is 23.4 Å². The maximum atomic E-state index is 12.1. The molecule has 2 aromatic rings. The average molecular weight is 353 g/mol. The summed E-state index contributed by atoms with van der Waals surface area (Å²) in [6.07, 6.45) is 2.14. The SMILES string of the molecule is CS(=O)c1ccc(C(=O)NCCc2ccc(OC(F)F)cc2)cc1. The molecule has 1 N–H and O–H groups in total. The predicted octanol–water partition coefficient (Wildman–Crippen LogP) is 3.00. The lowest BCUT2D eigenvalue weighted by molar-refractivity contribution is -0.0498. The van der Waals surface area contributed by atoms with Crippen LogP contribution < -0.4 is 10.1 Å². The molecule has 0 aromatic heterocycles. The molecule has 1 unspecified atom stereocenters. The van der Waals surface area contributed by atoms with Gasteiger partial charge < -0.3 is 10.1 Å². The largest absolute Gasteiger partial charge is 0.435 e. The van der Waals surface area contributed by atoms with Gasteiger partial charge in [0, 0.05) is 34.1 Å².